The van der Waals surface area contributed by atoms with Gasteiger partial charge in [0.25, 0.3) is 5.91 Å². The molecule has 0 N–H and O–H groups in total. The maximum Gasteiger partial charge on any atom is 0.254 e. The van der Waals surface area contributed by atoms with Gasteiger partial charge < -0.3 is 9.80 Å². The van der Waals surface area contributed by atoms with Crippen LogP contribution in [-0.4, -0.2) is 47.0 Å². The van der Waals surface area contributed by atoms with Crippen molar-refractivity contribution in [3.63, 3.8) is 0 Å². The summed E-state index contributed by atoms with van der Waals surface area (Å²) in [5.41, 5.74) is 2.11. The normalized spacial score (nSPS) is 14.8. The Kier molecular flexibility index (Phi) is 4.01. The summed E-state index contributed by atoms with van der Waals surface area (Å²) in [6.07, 6.45) is 1.77. The zero-order valence-corrected chi connectivity index (χ0v) is 13.6. The van der Waals surface area contributed by atoms with Gasteiger partial charge in [-0.3, -0.25) is 9.78 Å². The minimum absolute atomic E-state index is 0.135. The molecular weight excluding hydrogens is 319 g/mol. The number of carbonyl (C=O) groups is 1. The van der Waals surface area contributed by atoms with E-state index in [1.165, 1.54) is 12.1 Å². The molecule has 1 aliphatic heterocycles. The number of hydrogen-bond donors (Lipinski definition) is 0. The van der Waals surface area contributed by atoms with Gasteiger partial charge >= 0.3 is 0 Å². The highest BCUT2D eigenvalue weighted by atomic mass is 19.1. The van der Waals surface area contributed by atoms with E-state index in [1.807, 2.05) is 24.3 Å². The van der Waals surface area contributed by atoms with Crippen molar-refractivity contribution in [1.29, 1.82) is 0 Å². The molecule has 0 spiro atoms. The first-order valence-electron chi connectivity index (χ1n) is 8.22. The van der Waals surface area contributed by atoms with Crippen LogP contribution in [-0.2, 0) is 0 Å². The van der Waals surface area contributed by atoms with Crippen LogP contribution in [0.1, 0.15) is 10.4 Å². The van der Waals surface area contributed by atoms with Gasteiger partial charge in [0, 0.05) is 31.7 Å². The average molecular weight is 336 g/mol. The van der Waals surface area contributed by atoms with Gasteiger partial charge in [-0.15, -0.1) is 0 Å². The third-order valence-electron chi connectivity index (χ3n) is 4.40. The van der Waals surface area contributed by atoms with Crippen molar-refractivity contribution >= 4 is 22.8 Å². The van der Waals surface area contributed by atoms with Crippen LogP contribution in [0.4, 0.5) is 10.2 Å². The Labute approximate surface area is 144 Å². The molecule has 1 aliphatic rings. The number of hydrogen-bond acceptors (Lipinski definition) is 4. The summed E-state index contributed by atoms with van der Waals surface area (Å²) >= 11 is 0. The molecule has 4 rings (SSSR count). The Morgan fingerprint density at radius 2 is 1.72 bits per heavy atom. The first-order chi connectivity index (χ1) is 12.2. The van der Waals surface area contributed by atoms with Crippen LogP contribution in [0.5, 0.6) is 0 Å². The highest BCUT2D eigenvalue weighted by Gasteiger charge is 2.23. The molecule has 126 valence electrons. The first kappa shape index (κ1) is 15.5. The lowest BCUT2D eigenvalue weighted by Gasteiger charge is -2.35. The fourth-order valence-corrected chi connectivity index (χ4v) is 3.04. The van der Waals surface area contributed by atoms with E-state index in [4.69, 9.17) is 0 Å². The third kappa shape index (κ3) is 3.15. The lowest BCUT2D eigenvalue weighted by molar-refractivity contribution is 0.0746. The zero-order chi connectivity index (χ0) is 17.2. The monoisotopic (exact) mass is 336 g/mol. The van der Waals surface area contributed by atoms with Crippen molar-refractivity contribution in [3.05, 3.63) is 66.1 Å². The van der Waals surface area contributed by atoms with Crippen LogP contribution in [0.25, 0.3) is 11.0 Å². The number of halogens is 1. The number of rotatable bonds is 2. The van der Waals surface area contributed by atoms with E-state index in [0.29, 0.717) is 31.7 Å². The molecule has 0 radical (unpaired) electrons. The Balaban J connectivity index is 1.46. The second-order valence-electron chi connectivity index (χ2n) is 6.01. The standard InChI is InChI=1S/C19H17FN4O/c20-15-5-3-4-14(12-15)19(25)24-10-8-23(9-11-24)18-13-21-16-6-1-2-7-17(16)22-18/h1-7,12-13H,8-11H2. The van der Waals surface area contributed by atoms with Gasteiger partial charge in [-0.1, -0.05) is 18.2 Å². The summed E-state index contributed by atoms with van der Waals surface area (Å²) in [7, 11) is 0. The largest absolute Gasteiger partial charge is 0.352 e. The van der Waals surface area contributed by atoms with Gasteiger partial charge in [0.1, 0.15) is 11.6 Å². The first-order valence-corrected chi connectivity index (χ1v) is 8.22. The number of carbonyl (C=O) groups excluding carboxylic acids is 1. The SMILES string of the molecule is O=C(c1cccc(F)c1)N1CCN(c2cnc3ccccc3n2)CC1. The Morgan fingerprint density at radius 3 is 2.48 bits per heavy atom. The molecule has 3 aromatic rings. The van der Waals surface area contributed by atoms with E-state index >= 15 is 0 Å². The Hall–Kier alpha value is -3.02. The quantitative estimate of drug-likeness (QED) is 0.722. The van der Waals surface area contributed by atoms with Crippen molar-refractivity contribution in [2.75, 3.05) is 31.1 Å². The highest BCUT2D eigenvalue weighted by Crippen LogP contribution is 2.18. The Morgan fingerprint density at radius 1 is 0.960 bits per heavy atom. The average Bonchev–Trinajstić information content (AvgIpc) is 2.67. The van der Waals surface area contributed by atoms with Crippen LogP contribution < -0.4 is 4.90 Å². The maximum absolute atomic E-state index is 13.3. The van der Waals surface area contributed by atoms with E-state index in [-0.39, 0.29) is 5.91 Å². The number of anilines is 1. The molecule has 2 aromatic carbocycles. The van der Waals surface area contributed by atoms with Crippen LogP contribution in [0.2, 0.25) is 0 Å². The van der Waals surface area contributed by atoms with Crippen LogP contribution in [0.3, 0.4) is 0 Å². The number of benzene rings is 2. The van der Waals surface area contributed by atoms with Crippen LogP contribution in [0, 0.1) is 5.82 Å². The van der Waals surface area contributed by atoms with E-state index < -0.39 is 5.82 Å². The number of nitrogens with zero attached hydrogens (tertiary/aromatic N) is 4. The molecule has 1 fully saturated rings. The molecule has 2 heterocycles. The predicted octanol–water partition coefficient (Wildman–Crippen LogP) is 2.73. The summed E-state index contributed by atoms with van der Waals surface area (Å²) < 4.78 is 13.3. The molecule has 0 saturated carbocycles. The number of piperazine rings is 1. The van der Waals surface area contributed by atoms with Gasteiger partial charge in [-0.05, 0) is 30.3 Å². The summed E-state index contributed by atoms with van der Waals surface area (Å²) in [5, 5.41) is 0. The van der Waals surface area contributed by atoms with Crippen molar-refractivity contribution < 1.29 is 9.18 Å². The molecule has 0 aliphatic carbocycles. The summed E-state index contributed by atoms with van der Waals surface area (Å²) in [6, 6.07) is 13.6. The van der Waals surface area contributed by atoms with Gasteiger partial charge in [0.2, 0.25) is 0 Å². The molecule has 5 nitrogen and oxygen atoms in total. The van der Waals surface area contributed by atoms with E-state index in [1.54, 1.807) is 23.2 Å². The second-order valence-corrected chi connectivity index (χ2v) is 6.01. The molecule has 25 heavy (non-hydrogen) atoms. The van der Waals surface area contributed by atoms with E-state index in [9.17, 15) is 9.18 Å². The zero-order valence-electron chi connectivity index (χ0n) is 13.6. The number of fused-ring (bicyclic) bond motifs is 1. The Bertz CT molecular complexity index is 922. The minimum Gasteiger partial charge on any atom is -0.352 e. The molecule has 0 bridgehead atoms. The molecule has 0 atom stereocenters. The molecule has 0 unspecified atom stereocenters. The fraction of sp³-hybridized carbons (Fsp3) is 0.211. The topological polar surface area (TPSA) is 49.3 Å². The summed E-state index contributed by atoms with van der Waals surface area (Å²) in [6.45, 7) is 2.50. The second kappa shape index (κ2) is 6.47. The minimum atomic E-state index is -0.393. The van der Waals surface area contributed by atoms with Gasteiger partial charge in [-0.2, -0.15) is 0 Å². The maximum atomic E-state index is 13.3. The fourth-order valence-electron chi connectivity index (χ4n) is 3.04. The van der Waals surface area contributed by atoms with E-state index in [0.717, 1.165) is 16.9 Å². The van der Waals surface area contributed by atoms with Crippen molar-refractivity contribution in [2.24, 2.45) is 0 Å². The number of para-hydroxylation sites is 2. The lowest BCUT2D eigenvalue weighted by atomic mass is 10.1. The molecule has 1 amide bonds. The van der Waals surface area contributed by atoms with E-state index in [2.05, 4.69) is 14.9 Å². The third-order valence-corrected chi connectivity index (χ3v) is 4.40. The van der Waals surface area contributed by atoms with Crippen molar-refractivity contribution in [1.82, 2.24) is 14.9 Å². The predicted molar refractivity (Wildman–Crippen MR) is 94.1 cm³/mol. The summed E-state index contributed by atoms with van der Waals surface area (Å²) in [5.74, 6) is 0.288. The van der Waals surface area contributed by atoms with Gasteiger partial charge in [-0.25, -0.2) is 9.37 Å². The number of aromatic nitrogens is 2. The smallest absolute Gasteiger partial charge is 0.254 e. The molecule has 6 heteroatoms. The highest BCUT2D eigenvalue weighted by molar-refractivity contribution is 5.94. The van der Waals surface area contributed by atoms with Crippen molar-refractivity contribution in [3.8, 4) is 0 Å². The van der Waals surface area contributed by atoms with Crippen molar-refractivity contribution in [2.45, 2.75) is 0 Å². The van der Waals surface area contributed by atoms with Gasteiger partial charge in [0.05, 0.1) is 17.2 Å². The van der Waals surface area contributed by atoms with Crippen LogP contribution in [0.15, 0.2) is 54.7 Å². The van der Waals surface area contributed by atoms with Gasteiger partial charge in [0.15, 0.2) is 0 Å². The lowest BCUT2D eigenvalue weighted by Crippen LogP contribution is -2.49. The molecule has 1 saturated heterocycles. The molecular formula is C19H17FN4O. The molecule has 1 aromatic heterocycles. The number of amides is 1. The summed E-state index contributed by atoms with van der Waals surface area (Å²) in [4.78, 5) is 25.4. The van der Waals surface area contributed by atoms with Crippen LogP contribution >= 0.6 is 0 Å².